The Hall–Kier alpha value is -0.910. The van der Waals surface area contributed by atoms with E-state index in [4.69, 9.17) is 11.6 Å². The number of halogens is 3. The molecule has 1 aromatic carbocycles. The Balaban J connectivity index is 1.74. The maximum Gasteiger partial charge on any atom is 0.387 e. The Morgan fingerprint density at radius 2 is 2.05 bits per heavy atom. The van der Waals surface area contributed by atoms with Crippen LogP contribution >= 0.6 is 11.6 Å². The van der Waals surface area contributed by atoms with E-state index in [1.807, 2.05) is 0 Å². The summed E-state index contributed by atoms with van der Waals surface area (Å²) < 4.78 is 29.2. The van der Waals surface area contributed by atoms with Crippen molar-refractivity contribution in [3.63, 3.8) is 0 Å². The molecule has 3 nitrogen and oxygen atoms in total. The topological polar surface area (TPSA) is 24.5 Å². The van der Waals surface area contributed by atoms with Gasteiger partial charge in [0.25, 0.3) is 0 Å². The second-order valence-electron chi connectivity index (χ2n) is 5.21. The van der Waals surface area contributed by atoms with Gasteiger partial charge in [0.2, 0.25) is 0 Å². The molecule has 2 rings (SSSR count). The number of alkyl halides is 2. The molecule has 1 N–H and O–H groups in total. The van der Waals surface area contributed by atoms with Crippen LogP contribution in [0, 0.1) is 0 Å². The van der Waals surface area contributed by atoms with Crippen molar-refractivity contribution >= 4 is 11.6 Å². The summed E-state index contributed by atoms with van der Waals surface area (Å²) in [5.74, 6) is 0.182. The molecule has 1 aliphatic rings. The smallest absolute Gasteiger partial charge is 0.387 e. The van der Waals surface area contributed by atoms with E-state index in [9.17, 15) is 8.78 Å². The summed E-state index contributed by atoms with van der Waals surface area (Å²) in [5.41, 5.74) is 0.656. The van der Waals surface area contributed by atoms with Crippen molar-refractivity contribution in [2.75, 3.05) is 26.2 Å². The molecule has 0 unspecified atom stereocenters. The summed E-state index contributed by atoms with van der Waals surface area (Å²) in [6.45, 7) is 1.98. The number of nitrogens with one attached hydrogen (secondary N) is 1. The predicted molar refractivity (Wildman–Crippen MR) is 80.1 cm³/mol. The molecule has 0 bridgehead atoms. The zero-order valence-corrected chi connectivity index (χ0v) is 12.7. The van der Waals surface area contributed by atoms with Gasteiger partial charge in [-0.3, -0.25) is 0 Å². The van der Waals surface area contributed by atoms with Gasteiger partial charge >= 0.3 is 6.61 Å². The normalized spacial score (nSPS) is 15.8. The molecular weight excluding hydrogens is 298 g/mol. The van der Waals surface area contributed by atoms with Gasteiger partial charge in [0.15, 0.2) is 0 Å². The van der Waals surface area contributed by atoms with E-state index < -0.39 is 6.61 Å². The van der Waals surface area contributed by atoms with Gasteiger partial charge in [-0.2, -0.15) is 8.78 Å². The van der Waals surface area contributed by atoms with E-state index >= 15 is 0 Å². The SMILES string of the molecule is FC(F)Oc1ccc(Cl)cc1CNCCCN1CCCC1. The zero-order chi connectivity index (χ0) is 15.1. The number of hydrogen-bond acceptors (Lipinski definition) is 3. The standard InChI is InChI=1S/C15H21ClF2N2O/c16-13-4-5-14(21-15(17)18)12(10-13)11-19-6-3-9-20-7-1-2-8-20/h4-5,10,15,19H,1-3,6-9,11H2. The van der Waals surface area contributed by atoms with Crippen LogP contribution in [-0.4, -0.2) is 37.7 Å². The van der Waals surface area contributed by atoms with Gasteiger partial charge < -0.3 is 15.0 Å². The fourth-order valence-corrected chi connectivity index (χ4v) is 2.75. The number of benzene rings is 1. The van der Waals surface area contributed by atoms with E-state index in [1.165, 1.54) is 32.0 Å². The minimum atomic E-state index is -2.82. The molecule has 118 valence electrons. The van der Waals surface area contributed by atoms with Gasteiger partial charge in [-0.15, -0.1) is 0 Å². The summed E-state index contributed by atoms with van der Waals surface area (Å²) in [4.78, 5) is 2.45. The fraction of sp³-hybridized carbons (Fsp3) is 0.600. The molecular formula is C15H21ClF2N2O. The van der Waals surface area contributed by atoms with Crippen LogP contribution in [0.4, 0.5) is 8.78 Å². The molecule has 0 spiro atoms. The molecule has 1 saturated heterocycles. The molecule has 1 aromatic rings. The first kappa shape index (κ1) is 16.5. The van der Waals surface area contributed by atoms with Gasteiger partial charge in [-0.05, 0) is 63.6 Å². The molecule has 1 fully saturated rings. The Morgan fingerprint density at radius 1 is 1.29 bits per heavy atom. The van der Waals surface area contributed by atoms with Crippen molar-refractivity contribution in [1.29, 1.82) is 0 Å². The van der Waals surface area contributed by atoms with Crippen molar-refractivity contribution in [1.82, 2.24) is 10.2 Å². The zero-order valence-electron chi connectivity index (χ0n) is 12.0. The minimum Gasteiger partial charge on any atom is -0.434 e. The summed E-state index contributed by atoms with van der Waals surface area (Å²) >= 11 is 5.90. The van der Waals surface area contributed by atoms with Crippen LogP contribution in [0.15, 0.2) is 18.2 Å². The Kier molecular flexibility index (Phi) is 6.67. The third kappa shape index (κ3) is 5.77. The van der Waals surface area contributed by atoms with Gasteiger partial charge in [-0.25, -0.2) is 0 Å². The monoisotopic (exact) mass is 318 g/mol. The minimum absolute atomic E-state index is 0.182. The molecule has 0 aromatic heterocycles. The van der Waals surface area contributed by atoms with E-state index in [0.717, 1.165) is 19.5 Å². The lowest BCUT2D eigenvalue weighted by molar-refractivity contribution is -0.0504. The van der Waals surface area contributed by atoms with Crippen LogP contribution in [0.1, 0.15) is 24.8 Å². The maximum absolute atomic E-state index is 12.3. The van der Waals surface area contributed by atoms with Gasteiger partial charge in [0, 0.05) is 17.1 Å². The molecule has 0 amide bonds. The lowest BCUT2D eigenvalue weighted by atomic mass is 10.2. The molecule has 0 aliphatic carbocycles. The third-order valence-corrected chi connectivity index (χ3v) is 3.82. The number of rotatable bonds is 8. The van der Waals surface area contributed by atoms with Crippen LogP contribution in [0.3, 0.4) is 0 Å². The summed E-state index contributed by atoms with van der Waals surface area (Å²) in [7, 11) is 0. The largest absolute Gasteiger partial charge is 0.434 e. The van der Waals surface area contributed by atoms with Crippen molar-refractivity contribution in [3.05, 3.63) is 28.8 Å². The molecule has 0 atom stereocenters. The molecule has 0 radical (unpaired) electrons. The lowest BCUT2D eigenvalue weighted by Gasteiger charge is -2.15. The van der Waals surface area contributed by atoms with Crippen LogP contribution in [0.2, 0.25) is 5.02 Å². The second-order valence-corrected chi connectivity index (χ2v) is 5.65. The number of nitrogens with zero attached hydrogens (tertiary/aromatic N) is 1. The molecule has 1 aliphatic heterocycles. The average Bonchev–Trinajstić information content (AvgIpc) is 2.94. The number of likely N-dealkylation sites (tertiary alicyclic amines) is 1. The first-order valence-electron chi connectivity index (χ1n) is 7.31. The number of ether oxygens (including phenoxy) is 1. The first-order chi connectivity index (χ1) is 10.1. The van der Waals surface area contributed by atoms with Crippen molar-refractivity contribution in [2.45, 2.75) is 32.4 Å². The summed E-state index contributed by atoms with van der Waals surface area (Å²) in [6, 6.07) is 4.69. The van der Waals surface area contributed by atoms with Crippen molar-refractivity contribution in [2.24, 2.45) is 0 Å². The summed E-state index contributed by atoms with van der Waals surface area (Å²) in [6.07, 6.45) is 3.64. The average molecular weight is 319 g/mol. The van der Waals surface area contributed by atoms with Crippen LogP contribution in [0.25, 0.3) is 0 Å². The highest BCUT2D eigenvalue weighted by molar-refractivity contribution is 6.30. The molecule has 0 saturated carbocycles. The van der Waals surface area contributed by atoms with Crippen LogP contribution < -0.4 is 10.1 Å². The van der Waals surface area contributed by atoms with E-state index in [1.54, 1.807) is 12.1 Å². The maximum atomic E-state index is 12.3. The Labute approximate surface area is 129 Å². The van der Waals surface area contributed by atoms with Gasteiger partial charge in [0.05, 0.1) is 0 Å². The van der Waals surface area contributed by atoms with Crippen molar-refractivity contribution < 1.29 is 13.5 Å². The molecule has 1 heterocycles. The highest BCUT2D eigenvalue weighted by atomic mass is 35.5. The third-order valence-electron chi connectivity index (χ3n) is 3.58. The van der Waals surface area contributed by atoms with E-state index in [-0.39, 0.29) is 5.75 Å². The van der Waals surface area contributed by atoms with Gasteiger partial charge in [0.1, 0.15) is 5.75 Å². The second kappa shape index (κ2) is 8.51. The lowest BCUT2D eigenvalue weighted by Crippen LogP contribution is -2.24. The van der Waals surface area contributed by atoms with Crippen LogP contribution in [0.5, 0.6) is 5.75 Å². The highest BCUT2D eigenvalue weighted by Gasteiger charge is 2.11. The molecule has 21 heavy (non-hydrogen) atoms. The predicted octanol–water partition coefficient (Wildman–Crippen LogP) is 3.52. The summed E-state index contributed by atoms with van der Waals surface area (Å²) in [5, 5.41) is 3.78. The van der Waals surface area contributed by atoms with Crippen LogP contribution in [-0.2, 0) is 6.54 Å². The number of hydrogen-bond donors (Lipinski definition) is 1. The quantitative estimate of drug-likeness (QED) is 0.742. The van der Waals surface area contributed by atoms with Crippen molar-refractivity contribution in [3.8, 4) is 5.75 Å². The molecule has 6 heteroatoms. The van der Waals surface area contributed by atoms with Gasteiger partial charge in [-0.1, -0.05) is 11.6 Å². The Morgan fingerprint density at radius 3 is 2.76 bits per heavy atom. The van der Waals surface area contributed by atoms with E-state index in [2.05, 4.69) is 15.0 Å². The van der Waals surface area contributed by atoms with E-state index in [0.29, 0.717) is 17.1 Å². The fourth-order valence-electron chi connectivity index (χ4n) is 2.55. The Bertz CT molecular complexity index is 440. The first-order valence-corrected chi connectivity index (χ1v) is 7.69. The highest BCUT2D eigenvalue weighted by Crippen LogP contribution is 2.24.